The van der Waals surface area contributed by atoms with Crippen molar-refractivity contribution in [1.82, 2.24) is 5.32 Å². The number of anilines is 1. The zero-order valence-corrected chi connectivity index (χ0v) is 20.3. The molecule has 0 spiro atoms. The molecule has 5 nitrogen and oxygen atoms in total. The Kier molecular flexibility index (Phi) is 7.49. The number of benzene rings is 3. The molecule has 0 saturated heterocycles. The van der Waals surface area contributed by atoms with Crippen LogP contribution in [0.5, 0.6) is 0 Å². The van der Waals surface area contributed by atoms with Gasteiger partial charge in [-0.2, -0.15) is 0 Å². The first-order chi connectivity index (χ1) is 15.1. The van der Waals surface area contributed by atoms with Crippen molar-refractivity contribution >= 4 is 44.8 Å². The Morgan fingerprint density at radius 1 is 1.00 bits per heavy atom. The smallest absolute Gasteiger partial charge is 0.251 e. The third-order valence-electron chi connectivity index (χ3n) is 5.07. The number of carbonyl (C=O) groups is 1. The number of aryl methyl sites for hydroxylation is 1. The molecule has 0 aliphatic carbocycles. The van der Waals surface area contributed by atoms with Gasteiger partial charge in [-0.15, -0.1) is 0 Å². The van der Waals surface area contributed by atoms with E-state index in [1.165, 1.54) is 4.31 Å². The average molecular weight is 491 g/mol. The number of amides is 1. The van der Waals surface area contributed by atoms with Gasteiger partial charge in [0, 0.05) is 5.56 Å². The number of nitrogens with one attached hydrogen (secondary N) is 1. The molecule has 32 heavy (non-hydrogen) atoms. The predicted molar refractivity (Wildman–Crippen MR) is 131 cm³/mol. The van der Waals surface area contributed by atoms with Gasteiger partial charge in [0.25, 0.3) is 5.91 Å². The maximum absolute atomic E-state index is 12.6. The van der Waals surface area contributed by atoms with Crippen LogP contribution in [0.4, 0.5) is 5.69 Å². The molecule has 0 bridgehead atoms. The summed E-state index contributed by atoms with van der Waals surface area (Å²) in [7, 11) is -3.62. The molecule has 168 valence electrons. The Hall–Kier alpha value is -2.54. The molecule has 0 aliphatic heterocycles. The van der Waals surface area contributed by atoms with Crippen LogP contribution in [0.15, 0.2) is 66.7 Å². The fourth-order valence-corrected chi connectivity index (χ4v) is 4.55. The van der Waals surface area contributed by atoms with Gasteiger partial charge in [0.15, 0.2) is 0 Å². The molecule has 3 rings (SSSR count). The van der Waals surface area contributed by atoms with Gasteiger partial charge in [-0.3, -0.25) is 9.10 Å². The zero-order chi connectivity index (χ0) is 23.5. The first-order valence-electron chi connectivity index (χ1n) is 9.94. The van der Waals surface area contributed by atoms with Crippen molar-refractivity contribution < 1.29 is 13.2 Å². The molecule has 0 aromatic heterocycles. The van der Waals surface area contributed by atoms with E-state index in [0.717, 1.165) is 17.4 Å². The van der Waals surface area contributed by atoms with Crippen molar-refractivity contribution in [2.45, 2.75) is 26.4 Å². The number of nitrogens with zero attached hydrogens (tertiary/aromatic N) is 1. The lowest BCUT2D eigenvalue weighted by Gasteiger charge is -2.24. The van der Waals surface area contributed by atoms with Gasteiger partial charge in [-0.05, 0) is 49.2 Å². The second kappa shape index (κ2) is 9.94. The van der Waals surface area contributed by atoms with E-state index in [9.17, 15) is 13.2 Å². The Morgan fingerprint density at radius 2 is 1.62 bits per heavy atom. The van der Waals surface area contributed by atoms with Crippen LogP contribution in [0.2, 0.25) is 10.0 Å². The second-order valence-electron chi connectivity index (χ2n) is 7.65. The van der Waals surface area contributed by atoms with E-state index < -0.39 is 10.0 Å². The number of hydrogen-bond acceptors (Lipinski definition) is 3. The van der Waals surface area contributed by atoms with Crippen molar-refractivity contribution in [3.05, 3.63) is 99.0 Å². The molecular weight excluding hydrogens is 467 g/mol. The summed E-state index contributed by atoms with van der Waals surface area (Å²) in [5, 5.41) is 3.42. The summed E-state index contributed by atoms with van der Waals surface area (Å²) in [4.78, 5) is 12.6. The summed E-state index contributed by atoms with van der Waals surface area (Å²) < 4.78 is 26.0. The van der Waals surface area contributed by atoms with Crippen LogP contribution >= 0.6 is 23.2 Å². The van der Waals surface area contributed by atoms with Crippen LogP contribution in [0.3, 0.4) is 0 Å². The van der Waals surface area contributed by atoms with Crippen molar-refractivity contribution in [3.63, 3.8) is 0 Å². The molecule has 0 fully saturated rings. The summed E-state index contributed by atoms with van der Waals surface area (Å²) in [6.07, 6.45) is 1.11. The molecule has 3 aromatic rings. The summed E-state index contributed by atoms with van der Waals surface area (Å²) >= 11 is 12.3. The maximum atomic E-state index is 12.6. The summed E-state index contributed by atoms with van der Waals surface area (Å²) in [5.74, 6) is -0.206. The average Bonchev–Trinajstić information content (AvgIpc) is 2.74. The Balaban J connectivity index is 1.75. The van der Waals surface area contributed by atoms with E-state index in [2.05, 4.69) is 5.32 Å². The van der Waals surface area contributed by atoms with Gasteiger partial charge in [0.05, 0.1) is 34.6 Å². The SMILES string of the molecule is Cc1ccc([C@H](C)NC(=O)c2ccc(CN(c3cccc(Cl)c3Cl)S(C)(=O)=O)cc2)cc1. The summed E-state index contributed by atoms with van der Waals surface area (Å²) in [6.45, 7) is 4.00. The maximum Gasteiger partial charge on any atom is 0.251 e. The highest BCUT2D eigenvalue weighted by molar-refractivity contribution is 7.92. The monoisotopic (exact) mass is 490 g/mol. The number of carbonyl (C=O) groups excluding carboxylic acids is 1. The van der Waals surface area contributed by atoms with Crippen LogP contribution in [-0.4, -0.2) is 20.6 Å². The summed E-state index contributed by atoms with van der Waals surface area (Å²) in [6, 6.07) is 19.5. The molecule has 3 aromatic carbocycles. The third-order valence-corrected chi connectivity index (χ3v) is 7.00. The summed E-state index contributed by atoms with van der Waals surface area (Å²) in [5.41, 5.74) is 3.66. The lowest BCUT2D eigenvalue weighted by molar-refractivity contribution is 0.0940. The molecule has 1 atom stereocenters. The largest absolute Gasteiger partial charge is 0.346 e. The second-order valence-corrected chi connectivity index (χ2v) is 10.3. The highest BCUT2D eigenvalue weighted by atomic mass is 35.5. The van der Waals surface area contributed by atoms with E-state index >= 15 is 0 Å². The van der Waals surface area contributed by atoms with Crippen LogP contribution in [-0.2, 0) is 16.6 Å². The number of sulfonamides is 1. The van der Waals surface area contributed by atoms with Gasteiger partial charge in [0.2, 0.25) is 10.0 Å². The topological polar surface area (TPSA) is 66.5 Å². The molecule has 8 heteroatoms. The van der Waals surface area contributed by atoms with E-state index in [1.54, 1.807) is 42.5 Å². The lowest BCUT2D eigenvalue weighted by atomic mass is 10.1. The molecule has 0 unspecified atom stereocenters. The van der Waals surface area contributed by atoms with Gasteiger partial charge in [0.1, 0.15) is 0 Å². The van der Waals surface area contributed by atoms with Gasteiger partial charge in [-0.1, -0.05) is 71.2 Å². The molecule has 0 aliphatic rings. The number of hydrogen-bond donors (Lipinski definition) is 1. The molecule has 0 radical (unpaired) electrons. The molecule has 0 saturated carbocycles. The van der Waals surface area contributed by atoms with Gasteiger partial charge in [-0.25, -0.2) is 8.42 Å². The van der Waals surface area contributed by atoms with E-state index in [-0.39, 0.29) is 28.5 Å². The van der Waals surface area contributed by atoms with E-state index in [1.807, 2.05) is 38.1 Å². The highest BCUT2D eigenvalue weighted by Crippen LogP contribution is 2.34. The Labute approximate surface area is 199 Å². The first-order valence-corrected chi connectivity index (χ1v) is 12.5. The lowest BCUT2D eigenvalue weighted by Crippen LogP contribution is -2.29. The van der Waals surface area contributed by atoms with Crippen molar-refractivity contribution in [3.8, 4) is 0 Å². The molecule has 1 N–H and O–H groups in total. The Morgan fingerprint density at radius 3 is 2.22 bits per heavy atom. The van der Waals surface area contributed by atoms with Crippen molar-refractivity contribution in [1.29, 1.82) is 0 Å². The van der Waals surface area contributed by atoms with Crippen LogP contribution in [0.25, 0.3) is 0 Å². The third kappa shape index (κ3) is 5.82. The van der Waals surface area contributed by atoms with Gasteiger partial charge >= 0.3 is 0 Å². The van der Waals surface area contributed by atoms with E-state index in [4.69, 9.17) is 23.2 Å². The fourth-order valence-electron chi connectivity index (χ4n) is 3.21. The van der Waals surface area contributed by atoms with Crippen LogP contribution in [0.1, 0.15) is 40.0 Å². The minimum Gasteiger partial charge on any atom is -0.346 e. The molecular formula is C24H24Cl2N2O3S. The number of halogens is 2. The van der Waals surface area contributed by atoms with E-state index in [0.29, 0.717) is 16.8 Å². The predicted octanol–water partition coefficient (Wildman–Crippen LogP) is 5.76. The minimum atomic E-state index is -3.62. The van der Waals surface area contributed by atoms with Crippen LogP contribution < -0.4 is 9.62 Å². The van der Waals surface area contributed by atoms with Crippen molar-refractivity contribution in [2.75, 3.05) is 10.6 Å². The normalized spacial score (nSPS) is 12.3. The van der Waals surface area contributed by atoms with Crippen LogP contribution in [0, 0.1) is 6.92 Å². The Bertz CT molecular complexity index is 1210. The first kappa shape index (κ1) is 24.1. The van der Waals surface area contributed by atoms with Gasteiger partial charge < -0.3 is 5.32 Å². The quantitative estimate of drug-likeness (QED) is 0.457. The number of rotatable bonds is 7. The highest BCUT2D eigenvalue weighted by Gasteiger charge is 2.22. The zero-order valence-electron chi connectivity index (χ0n) is 18.0. The van der Waals surface area contributed by atoms with Crippen molar-refractivity contribution in [2.24, 2.45) is 0 Å². The minimum absolute atomic E-state index is 0.0561. The fraction of sp³-hybridized carbons (Fsp3) is 0.208. The molecule has 0 heterocycles. The standard InChI is InChI=1S/C24H24Cl2N2O3S/c1-16-7-11-19(12-8-16)17(2)27-24(29)20-13-9-18(10-14-20)15-28(32(3,30)31)22-6-4-5-21(25)23(22)26/h4-14,17H,15H2,1-3H3,(H,27,29)/t17-/m0/s1. The molecule has 1 amide bonds.